The third-order valence-electron chi connectivity index (χ3n) is 4.54. The van der Waals surface area contributed by atoms with E-state index in [1.165, 1.54) is 0 Å². The zero-order valence-electron chi connectivity index (χ0n) is 15.9. The van der Waals surface area contributed by atoms with Crippen LogP contribution in [0.25, 0.3) is 0 Å². The number of benzene rings is 2. The van der Waals surface area contributed by atoms with Crippen LogP contribution in [-0.2, 0) is 16.0 Å². The van der Waals surface area contributed by atoms with Gasteiger partial charge in [-0.2, -0.15) is 11.8 Å². The minimum absolute atomic E-state index is 0. The molecule has 1 atom stereocenters. The summed E-state index contributed by atoms with van der Waals surface area (Å²) in [5, 5.41) is 6.30. The fourth-order valence-electron chi connectivity index (χ4n) is 2.98. The molecule has 0 saturated carbocycles. The van der Waals surface area contributed by atoms with Gasteiger partial charge in [-0.1, -0.05) is 30.3 Å². The summed E-state index contributed by atoms with van der Waals surface area (Å²) < 4.78 is 0. The molecular formula is C21H26ClN3O2S. The Morgan fingerprint density at radius 1 is 1.14 bits per heavy atom. The molecule has 0 spiro atoms. The van der Waals surface area contributed by atoms with Gasteiger partial charge in [0, 0.05) is 48.9 Å². The number of likely N-dealkylation sites (N-methyl/N-ethyl adjacent to an activating group) is 1. The summed E-state index contributed by atoms with van der Waals surface area (Å²) in [7, 11) is 1.78. The Morgan fingerprint density at radius 3 is 2.50 bits per heavy atom. The SMILES string of the molecule is CN(C(=O)Cc1ccc(NC(=O)CC2CSCCN2)cc1)c1ccccc1.Cl. The maximum absolute atomic E-state index is 12.4. The van der Waals surface area contributed by atoms with E-state index in [1.54, 1.807) is 11.9 Å². The summed E-state index contributed by atoms with van der Waals surface area (Å²) in [6.07, 6.45) is 0.804. The molecule has 3 rings (SSSR count). The zero-order chi connectivity index (χ0) is 19.1. The van der Waals surface area contributed by atoms with Crippen LogP contribution in [0.4, 0.5) is 11.4 Å². The third kappa shape index (κ3) is 6.55. The molecule has 2 aromatic rings. The molecule has 1 aliphatic rings. The van der Waals surface area contributed by atoms with Crippen LogP contribution in [0.15, 0.2) is 54.6 Å². The summed E-state index contributed by atoms with van der Waals surface area (Å²) in [5.74, 6) is 2.13. The van der Waals surface area contributed by atoms with Crippen molar-refractivity contribution in [2.45, 2.75) is 18.9 Å². The molecule has 1 heterocycles. The number of nitrogens with zero attached hydrogens (tertiary/aromatic N) is 1. The number of halogens is 1. The topological polar surface area (TPSA) is 61.4 Å². The molecule has 1 aliphatic heterocycles. The predicted octanol–water partition coefficient (Wildman–Crippen LogP) is 3.35. The molecule has 0 bridgehead atoms. The molecule has 2 amide bonds. The van der Waals surface area contributed by atoms with Crippen molar-refractivity contribution in [1.82, 2.24) is 5.32 Å². The molecule has 2 aromatic carbocycles. The van der Waals surface area contributed by atoms with Gasteiger partial charge < -0.3 is 15.5 Å². The number of rotatable bonds is 6. The van der Waals surface area contributed by atoms with Crippen molar-refractivity contribution in [2.24, 2.45) is 0 Å². The highest BCUT2D eigenvalue weighted by Crippen LogP contribution is 2.16. The Kier molecular flexibility index (Phi) is 8.83. The molecule has 7 heteroatoms. The van der Waals surface area contributed by atoms with Gasteiger partial charge >= 0.3 is 0 Å². The van der Waals surface area contributed by atoms with Gasteiger partial charge in [0.05, 0.1) is 6.42 Å². The van der Waals surface area contributed by atoms with E-state index in [-0.39, 0.29) is 30.3 Å². The Labute approximate surface area is 176 Å². The van der Waals surface area contributed by atoms with E-state index in [4.69, 9.17) is 0 Å². The van der Waals surface area contributed by atoms with Crippen molar-refractivity contribution >= 4 is 47.4 Å². The van der Waals surface area contributed by atoms with Crippen LogP contribution in [-0.4, -0.2) is 43.0 Å². The maximum atomic E-state index is 12.4. The summed E-state index contributed by atoms with van der Waals surface area (Å²) in [5.41, 5.74) is 2.56. The van der Waals surface area contributed by atoms with Gasteiger partial charge in [0.2, 0.25) is 11.8 Å². The molecule has 2 N–H and O–H groups in total. The van der Waals surface area contributed by atoms with E-state index < -0.39 is 0 Å². The van der Waals surface area contributed by atoms with Gasteiger partial charge in [-0.3, -0.25) is 9.59 Å². The molecule has 1 saturated heterocycles. The lowest BCUT2D eigenvalue weighted by molar-refractivity contribution is -0.118. The van der Waals surface area contributed by atoms with Crippen LogP contribution in [0, 0.1) is 0 Å². The van der Waals surface area contributed by atoms with Crippen LogP contribution < -0.4 is 15.5 Å². The number of carbonyl (C=O) groups is 2. The largest absolute Gasteiger partial charge is 0.326 e. The third-order valence-corrected chi connectivity index (χ3v) is 5.67. The summed E-state index contributed by atoms with van der Waals surface area (Å²) in [6.45, 7) is 0.961. The van der Waals surface area contributed by atoms with Gasteiger partial charge in [0.15, 0.2) is 0 Å². The lowest BCUT2D eigenvalue weighted by Crippen LogP contribution is -2.39. The monoisotopic (exact) mass is 419 g/mol. The second kappa shape index (κ2) is 11.1. The first-order chi connectivity index (χ1) is 13.1. The first kappa shape index (κ1) is 22.3. The van der Waals surface area contributed by atoms with Crippen LogP contribution in [0.1, 0.15) is 12.0 Å². The van der Waals surface area contributed by atoms with E-state index in [1.807, 2.05) is 66.4 Å². The first-order valence-electron chi connectivity index (χ1n) is 9.13. The number of hydrogen-bond donors (Lipinski definition) is 2. The second-order valence-electron chi connectivity index (χ2n) is 6.64. The van der Waals surface area contributed by atoms with E-state index in [2.05, 4.69) is 10.6 Å². The molecular weight excluding hydrogens is 394 g/mol. The highest BCUT2D eigenvalue weighted by atomic mass is 35.5. The molecule has 5 nitrogen and oxygen atoms in total. The smallest absolute Gasteiger partial charge is 0.231 e. The van der Waals surface area contributed by atoms with Crippen LogP contribution >= 0.6 is 24.2 Å². The number of thioether (sulfide) groups is 1. The van der Waals surface area contributed by atoms with Crippen molar-refractivity contribution in [3.8, 4) is 0 Å². The first-order valence-corrected chi connectivity index (χ1v) is 10.3. The number of nitrogens with one attached hydrogen (secondary N) is 2. The molecule has 0 aliphatic carbocycles. The Bertz CT molecular complexity index is 765. The van der Waals surface area contributed by atoms with Crippen LogP contribution in [0.2, 0.25) is 0 Å². The molecule has 150 valence electrons. The molecule has 1 unspecified atom stereocenters. The van der Waals surface area contributed by atoms with Crippen LogP contribution in [0.3, 0.4) is 0 Å². The number of carbonyl (C=O) groups excluding carboxylic acids is 2. The Balaban J connectivity index is 0.00000280. The molecule has 0 radical (unpaired) electrons. The maximum Gasteiger partial charge on any atom is 0.231 e. The molecule has 0 aromatic heterocycles. The van der Waals surface area contributed by atoms with Gasteiger partial charge in [-0.05, 0) is 29.8 Å². The molecule has 28 heavy (non-hydrogen) atoms. The van der Waals surface area contributed by atoms with Crippen LogP contribution in [0.5, 0.6) is 0 Å². The summed E-state index contributed by atoms with van der Waals surface area (Å²) >= 11 is 1.88. The zero-order valence-corrected chi connectivity index (χ0v) is 17.5. The fraction of sp³-hybridized carbons (Fsp3) is 0.333. The quantitative estimate of drug-likeness (QED) is 0.753. The Morgan fingerprint density at radius 2 is 1.86 bits per heavy atom. The van der Waals surface area contributed by atoms with E-state index in [0.29, 0.717) is 12.8 Å². The molecule has 1 fully saturated rings. The van der Waals surface area contributed by atoms with Gasteiger partial charge in [-0.15, -0.1) is 12.4 Å². The van der Waals surface area contributed by atoms with Crippen molar-refractivity contribution in [2.75, 3.05) is 35.3 Å². The van der Waals surface area contributed by atoms with Crippen molar-refractivity contribution in [1.29, 1.82) is 0 Å². The lowest BCUT2D eigenvalue weighted by atomic mass is 10.1. The minimum Gasteiger partial charge on any atom is -0.326 e. The van der Waals surface area contributed by atoms with Gasteiger partial charge in [0.25, 0.3) is 0 Å². The lowest BCUT2D eigenvalue weighted by Gasteiger charge is -2.22. The van der Waals surface area contributed by atoms with E-state index in [0.717, 1.165) is 35.0 Å². The summed E-state index contributed by atoms with van der Waals surface area (Å²) in [6, 6.07) is 17.3. The number of para-hydroxylation sites is 1. The number of hydrogen-bond acceptors (Lipinski definition) is 4. The Hall–Kier alpha value is -2.02. The highest BCUT2D eigenvalue weighted by Gasteiger charge is 2.17. The van der Waals surface area contributed by atoms with Crippen molar-refractivity contribution < 1.29 is 9.59 Å². The normalized spacial score (nSPS) is 16.0. The standard InChI is InChI=1S/C21H25N3O2S.ClH/c1-24(19-5-3-2-4-6-19)21(26)13-16-7-9-17(10-8-16)23-20(25)14-18-15-27-12-11-22-18;/h2-10,18,22H,11-15H2,1H3,(H,23,25);1H. The second-order valence-corrected chi connectivity index (χ2v) is 7.79. The fourth-order valence-corrected chi connectivity index (χ4v) is 3.93. The van der Waals surface area contributed by atoms with Crippen molar-refractivity contribution in [3.05, 3.63) is 60.2 Å². The van der Waals surface area contributed by atoms with Gasteiger partial charge in [-0.25, -0.2) is 0 Å². The predicted molar refractivity (Wildman–Crippen MR) is 120 cm³/mol. The average molecular weight is 420 g/mol. The minimum atomic E-state index is 0. The highest BCUT2D eigenvalue weighted by molar-refractivity contribution is 7.99. The van der Waals surface area contributed by atoms with Gasteiger partial charge in [0.1, 0.15) is 0 Å². The van der Waals surface area contributed by atoms with E-state index >= 15 is 0 Å². The number of amides is 2. The average Bonchev–Trinajstić information content (AvgIpc) is 2.70. The van der Waals surface area contributed by atoms with Crippen molar-refractivity contribution in [3.63, 3.8) is 0 Å². The number of anilines is 2. The summed E-state index contributed by atoms with van der Waals surface area (Å²) in [4.78, 5) is 26.3. The van der Waals surface area contributed by atoms with E-state index in [9.17, 15) is 9.59 Å².